The molecule has 24 heavy (non-hydrogen) atoms. The number of nitrogens with zero attached hydrogens (tertiary/aromatic N) is 2. The topological polar surface area (TPSA) is 55.7 Å². The summed E-state index contributed by atoms with van der Waals surface area (Å²) in [6.07, 6.45) is 1.74. The van der Waals surface area contributed by atoms with Gasteiger partial charge in [-0.25, -0.2) is 4.98 Å². The number of hydrogen-bond donors (Lipinski definition) is 1. The van der Waals surface area contributed by atoms with Crippen LogP contribution in [-0.2, 0) is 0 Å². The number of anilines is 1. The third-order valence-corrected chi connectivity index (χ3v) is 4.18. The minimum atomic E-state index is 0.588. The zero-order valence-electron chi connectivity index (χ0n) is 13.7. The maximum absolute atomic E-state index is 5.62. The van der Waals surface area contributed by atoms with Crippen molar-refractivity contribution in [1.82, 2.24) is 4.98 Å². The van der Waals surface area contributed by atoms with E-state index in [-0.39, 0.29) is 0 Å². The maximum atomic E-state index is 5.62. The summed E-state index contributed by atoms with van der Waals surface area (Å²) in [7, 11) is 0. The molecule has 5 nitrogen and oxygen atoms in total. The maximum Gasteiger partial charge on any atom is 0.204 e. The molecule has 0 unspecified atom stereocenters. The van der Waals surface area contributed by atoms with E-state index < -0.39 is 0 Å². The number of thiazole rings is 1. The monoisotopic (exact) mass is 341 g/mol. The van der Waals surface area contributed by atoms with Crippen molar-refractivity contribution in [3.8, 4) is 11.5 Å². The van der Waals surface area contributed by atoms with Gasteiger partial charge in [0.15, 0.2) is 11.5 Å². The summed E-state index contributed by atoms with van der Waals surface area (Å²) in [4.78, 5) is 4.48. The fourth-order valence-corrected chi connectivity index (χ4v) is 3.05. The van der Waals surface area contributed by atoms with Crippen LogP contribution in [0.1, 0.15) is 19.4 Å². The Bertz CT molecular complexity index is 812. The van der Waals surface area contributed by atoms with Crippen molar-refractivity contribution in [3.63, 3.8) is 0 Å². The lowest BCUT2D eigenvalue weighted by Gasteiger charge is -2.11. The van der Waals surface area contributed by atoms with Gasteiger partial charge in [-0.2, -0.15) is 5.10 Å². The molecule has 0 aliphatic carbocycles. The number of fused-ring (bicyclic) bond motifs is 1. The molecular formula is C18H19N3O2S. The SMILES string of the molecule is CCOc1ccc(C=NNc2nc3ccccc3s2)cc1OCC. The minimum absolute atomic E-state index is 0.588. The molecule has 0 aliphatic heterocycles. The molecule has 0 saturated carbocycles. The van der Waals surface area contributed by atoms with Crippen molar-refractivity contribution in [3.05, 3.63) is 48.0 Å². The molecule has 3 rings (SSSR count). The van der Waals surface area contributed by atoms with Gasteiger partial charge in [-0.15, -0.1) is 0 Å². The molecule has 124 valence electrons. The van der Waals surface area contributed by atoms with E-state index in [4.69, 9.17) is 9.47 Å². The van der Waals surface area contributed by atoms with Crippen LogP contribution in [0, 0.1) is 0 Å². The Morgan fingerprint density at radius 3 is 2.67 bits per heavy atom. The molecule has 0 aliphatic rings. The van der Waals surface area contributed by atoms with E-state index in [1.54, 1.807) is 17.6 Å². The third kappa shape index (κ3) is 3.83. The van der Waals surface area contributed by atoms with E-state index in [0.29, 0.717) is 13.2 Å². The first-order valence-corrected chi connectivity index (χ1v) is 8.66. The second-order valence-electron chi connectivity index (χ2n) is 4.93. The predicted octanol–water partition coefficient (Wildman–Crippen LogP) is 4.54. The quantitative estimate of drug-likeness (QED) is 0.506. The molecule has 1 aromatic heterocycles. The summed E-state index contributed by atoms with van der Waals surface area (Å²) >= 11 is 1.57. The molecule has 1 heterocycles. The smallest absolute Gasteiger partial charge is 0.204 e. The molecule has 3 aromatic rings. The van der Waals surface area contributed by atoms with Crippen molar-refractivity contribution in [2.24, 2.45) is 5.10 Å². The van der Waals surface area contributed by atoms with Gasteiger partial charge in [-0.3, -0.25) is 5.43 Å². The molecule has 0 spiro atoms. The van der Waals surface area contributed by atoms with Gasteiger partial charge >= 0.3 is 0 Å². The summed E-state index contributed by atoms with van der Waals surface area (Å²) < 4.78 is 12.3. The van der Waals surface area contributed by atoms with Gasteiger partial charge in [0.1, 0.15) is 0 Å². The van der Waals surface area contributed by atoms with Crippen molar-refractivity contribution >= 4 is 32.9 Å². The van der Waals surface area contributed by atoms with Gasteiger partial charge in [0.25, 0.3) is 0 Å². The fraction of sp³-hybridized carbons (Fsp3) is 0.222. The van der Waals surface area contributed by atoms with Crippen LogP contribution in [0.3, 0.4) is 0 Å². The fourth-order valence-electron chi connectivity index (χ4n) is 2.23. The Morgan fingerprint density at radius 1 is 1.08 bits per heavy atom. The van der Waals surface area contributed by atoms with Crippen molar-refractivity contribution < 1.29 is 9.47 Å². The zero-order valence-corrected chi connectivity index (χ0v) is 14.5. The predicted molar refractivity (Wildman–Crippen MR) is 99.6 cm³/mol. The van der Waals surface area contributed by atoms with E-state index in [9.17, 15) is 0 Å². The van der Waals surface area contributed by atoms with Crippen LogP contribution in [0.25, 0.3) is 10.2 Å². The van der Waals surface area contributed by atoms with Crippen LogP contribution >= 0.6 is 11.3 Å². The van der Waals surface area contributed by atoms with Crippen LogP contribution < -0.4 is 14.9 Å². The van der Waals surface area contributed by atoms with Gasteiger partial charge in [-0.05, 0) is 49.7 Å². The van der Waals surface area contributed by atoms with E-state index in [2.05, 4.69) is 15.5 Å². The van der Waals surface area contributed by atoms with E-state index in [0.717, 1.165) is 32.4 Å². The largest absolute Gasteiger partial charge is 0.490 e. The van der Waals surface area contributed by atoms with Gasteiger partial charge in [-0.1, -0.05) is 23.5 Å². The molecule has 6 heteroatoms. The van der Waals surface area contributed by atoms with Crippen molar-refractivity contribution in [1.29, 1.82) is 0 Å². The van der Waals surface area contributed by atoms with Gasteiger partial charge in [0.05, 0.1) is 29.6 Å². The van der Waals surface area contributed by atoms with E-state index >= 15 is 0 Å². The standard InChI is InChI=1S/C18H19N3O2S/c1-3-22-15-10-9-13(11-16(15)23-4-2)12-19-21-18-20-14-7-5-6-8-17(14)24-18/h5-12H,3-4H2,1-2H3,(H,20,21). The Morgan fingerprint density at radius 2 is 1.88 bits per heavy atom. The molecule has 0 bridgehead atoms. The molecule has 2 aromatic carbocycles. The number of ether oxygens (including phenoxy) is 2. The average Bonchev–Trinajstić information content (AvgIpc) is 3.00. The van der Waals surface area contributed by atoms with Crippen LogP contribution in [-0.4, -0.2) is 24.4 Å². The average molecular weight is 341 g/mol. The molecular weight excluding hydrogens is 322 g/mol. The van der Waals surface area contributed by atoms with E-state index in [1.165, 1.54) is 0 Å². The highest BCUT2D eigenvalue weighted by Crippen LogP contribution is 2.28. The van der Waals surface area contributed by atoms with Gasteiger partial charge < -0.3 is 9.47 Å². The second kappa shape index (κ2) is 7.79. The van der Waals surface area contributed by atoms with Crippen LogP contribution in [0.2, 0.25) is 0 Å². The lowest BCUT2D eigenvalue weighted by atomic mass is 10.2. The molecule has 0 radical (unpaired) electrons. The highest BCUT2D eigenvalue weighted by molar-refractivity contribution is 7.22. The lowest BCUT2D eigenvalue weighted by molar-refractivity contribution is 0.288. The summed E-state index contributed by atoms with van der Waals surface area (Å²) in [5, 5.41) is 5.03. The number of hydrazone groups is 1. The molecule has 0 fully saturated rings. The van der Waals surface area contributed by atoms with Gasteiger partial charge in [0, 0.05) is 0 Å². The Kier molecular flexibility index (Phi) is 5.28. The lowest BCUT2D eigenvalue weighted by Crippen LogP contribution is -1.99. The van der Waals surface area contributed by atoms with Crippen molar-refractivity contribution in [2.45, 2.75) is 13.8 Å². The molecule has 1 N–H and O–H groups in total. The number of aromatic nitrogens is 1. The summed E-state index contributed by atoms with van der Waals surface area (Å²) in [6.45, 7) is 5.09. The first-order valence-electron chi connectivity index (χ1n) is 7.84. The number of rotatable bonds is 7. The first kappa shape index (κ1) is 16.3. The zero-order chi connectivity index (χ0) is 16.8. The Labute approximate surface area is 144 Å². The Balaban J connectivity index is 1.72. The number of para-hydroxylation sites is 1. The summed E-state index contributed by atoms with van der Waals surface area (Å²) in [5.41, 5.74) is 4.88. The highest BCUT2D eigenvalue weighted by atomic mass is 32.1. The molecule has 0 atom stereocenters. The summed E-state index contributed by atoms with van der Waals surface area (Å²) in [6, 6.07) is 13.8. The third-order valence-electron chi connectivity index (χ3n) is 3.24. The van der Waals surface area contributed by atoms with Crippen molar-refractivity contribution in [2.75, 3.05) is 18.6 Å². The van der Waals surface area contributed by atoms with Crippen LogP contribution in [0.15, 0.2) is 47.6 Å². The Hall–Kier alpha value is -2.60. The molecule has 0 saturated heterocycles. The number of nitrogens with one attached hydrogen (secondary N) is 1. The molecule has 0 amide bonds. The van der Waals surface area contributed by atoms with Crippen LogP contribution in [0.5, 0.6) is 11.5 Å². The minimum Gasteiger partial charge on any atom is -0.490 e. The van der Waals surface area contributed by atoms with E-state index in [1.807, 2.05) is 56.3 Å². The first-order chi connectivity index (χ1) is 11.8. The summed E-state index contributed by atoms with van der Waals surface area (Å²) in [5.74, 6) is 1.47. The number of hydrogen-bond acceptors (Lipinski definition) is 6. The highest BCUT2D eigenvalue weighted by Gasteiger charge is 2.05. The van der Waals surface area contributed by atoms with Gasteiger partial charge in [0.2, 0.25) is 5.13 Å². The second-order valence-corrected chi connectivity index (χ2v) is 5.96. The normalized spacial score (nSPS) is 11.1. The van der Waals surface area contributed by atoms with Crippen LogP contribution in [0.4, 0.5) is 5.13 Å². The number of benzene rings is 2.